The standard InChI is InChI=1S/C20H17ClF3N3O3S/c1-27-17(28)10-16(18(29)25-11-3-6-13(30-2)7-4-11)31-19(27)26-12-5-8-15(21)14(9-12)20(22,23)24/h3-9,16H,10H2,1-2H3,(H,25,29). The summed E-state index contributed by atoms with van der Waals surface area (Å²) in [4.78, 5) is 30.4. The van der Waals surface area contributed by atoms with Crippen molar-refractivity contribution in [2.45, 2.75) is 17.8 Å². The molecule has 31 heavy (non-hydrogen) atoms. The highest BCUT2D eigenvalue weighted by atomic mass is 35.5. The summed E-state index contributed by atoms with van der Waals surface area (Å²) in [5, 5.41) is 1.58. The minimum Gasteiger partial charge on any atom is -0.497 e. The summed E-state index contributed by atoms with van der Waals surface area (Å²) in [6.07, 6.45) is -4.72. The van der Waals surface area contributed by atoms with E-state index in [1.807, 2.05) is 0 Å². The van der Waals surface area contributed by atoms with Crippen molar-refractivity contribution in [3.05, 3.63) is 53.1 Å². The number of methoxy groups -OCH3 is 1. The maximum absolute atomic E-state index is 13.1. The van der Waals surface area contributed by atoms with Gasteiger partial charge in [0.1, 0.15) is 11.0 Å². The lowest BCUT2D eigenvalue weighted by Crippen LogP contribution is -2.43. The van der Waals surface area contributed by atoms with Gasteiger partial charge in [-0.3, -0.25) is 14.5 Å². The molecule has 0 saturated carbocycles. The van der Waals surface area contributed by atoms with Crippen molar-refractivity contribution in [1.82, 2.24) is 4.90 Å². The molecule has 1 aliphatic heterocycles. The second-order valence-electron chi connectivity index (χ2n) is 6.54. The summed E-state index contributed by atoms with van der Waals surface area (Å²) in [6.45, 7) is 0. The molecule has 1 N–H and O–H groups in total. The van der Waals surface area contributed by atoms with Crippen molar-refractivity contribution < 1.29 is 27.5 Å². The van der Waals surface area contributed by atoms with Crippen molar-refractivity contribution in [2.24, 2.45) is 4.99 Å². The first kappa shape index (κ1) is 23.0. The smallest absolute Gasteiger partial charge is 0.417 e. The molecule has 0 aromatic heterocycles. The topological polar surface area (TPSA) is 71.0 Å². The molecular formula is C20H17ClF3N3O3S. The second kappa shape index (κ2) is 9.19. The molecule has 1 aliphatic rings. The Morgan fingerprint density at radius 3 is 2.55 bits per heavy atom. The Kier molecular flexibility index (Phi) is 6.80. The molecule has 1 heterocycles. The molecular weight excluding hydrogens is 455 g/mol. The summed E-state index contributed by atoms with van der Waals surface area (Å²) >= 11 is 6.63. The zero-order valence-corrected chi connectivity index (χ0v) is 17.9. The summed E-state index contributed by atoms with van der Waals surface area (Å²) in [7, 11) is 2.97. The van der Waals surface area contributed by atoms with Crippen LogP contribution in [0.25, 0.3) is 0 Å². The van der Waals surface area contributed by atoms with Gasteiger partial charge in [-0.2, -0.15) is 13.2 Å². The highest BCUT2D eigenvalue weighted by Gasteiger charge is 2.35. The Bertz CT molecular complexity index is 1030. The van der Waals surface area contributed by atoms with Gasteiger partial charge in [-0.05, 0) is 42.5 Å². The summed E-state index contributed by atoms with van der Waals surface area (Å²) in [5.74, 6) is -0.175. The van der Waals surface area contributed by atoms with Crippen LogP contribution in [-0.4, -0.2) is 41.3 Å². The fraction of sp³-hybridized carbons (Fsp3) is 0.250. The van der Waals surface area contributed by atoms with Crippen LogP contribution in [0.1, 0.15) is 12.0 Å². The van der Waals surface area contributed by atoms with Crippen LogP contribution in [0.5, 0.6) is 5.75 Å². The number of amidine groups is 1. The maximum Gasteiger partial charge on any atom is 0.417 e. The molecule has 0 radical (unpaired) electrons. The number of ether oxygens (including phenoxy) is 1. The Morgan fingerprint density at radius 1 is 1.26 bits per heavy atom. The number of amides is 2. The van der Waals surface area contributed by atoms with Gasteiger partial charge in [-0.1, -0.05) is 23.4 Å². The second-order valence-corrected chi connectivity index (χ2v) is 8.11. The average Bonchev–Trinajstić information content (AvgIpc) is 2.72. The zero-order chi connectivity index (χ0) is 22.8. The number of hydrogen-bond acceptors (Lipinski definition) is 5. The third-order valence-electron chi connectivity index (χ3n) is 4.40. The van der Waals surface area contributed by atoms with Crippen molar-refractivity contribution in [2.75, 3.05) is 19.5 Å². The van der Waals surface area contributed by atoms with Crippen LogP contribution in [0, 0.1) is 0 Å². The number of alkyl halides is 3. The summed E-state index contributed by atoms with van der Waals surface area (Å²) in [5.41, 5.74) is -0.543. The van der Waals surface area contributed by atoms with E-state index in [4.69, 9.17) is 16.3 Å². The van der Waals surface area contributed by atoms with E-state index in [1.165, 1.54) is 25.1 Å². The van der Waals surface area contributed by atoms with E-state index in [0.717, 1.165) is 23.9 Å². The van der Waals surface area contributed by atoms with Crippen molar-refractivity contribution >= 4 is 51.7 Å². The van der Waals surface area contributed by atoms with Gasteiger partial charge in [0.25, 0.3) is 0 Å². The van der Waals surface area contributed by atoms with E-state index >= 15 is 0 Å². The monoisotopic (exact) mass is 471 g/mol. The minimum absolute atomic E-state index is 0.0323. The Morgan fingerprint density at radius 2 is 1.94 bits per heavy atom. The van der Waals surface area contributed by atoms with Crippen molar-refractivity contribution in [3.8, 4) is 5.75 Å². The molecule has 1 atom stereocenters. The largest absolute Gasteiger partial charge is 0.497 e. The van der Waals surface area contributed by atoms with Crippen LogP contribution in [0.15, 0.2) is 47.5 Å². The molecule has 1 saturated heterocycles. The van der Waals surface area contributed by atoms with Crippen LogP contribution >= 0.6 is 23.4 Å². The van der Waals surface area contributed by atoms with E-state index in [0.29, 0.717) is 11.4 Å². The fourth-order valence-electron chi connectivity index (χ4n) is 2.71. The van der Waals surface area contributed by atoms with E-state index in [2.05, 4.69) is 10.3 Å². The number of carbonyl (C=O) groups excluding carboxylic acids is 2. The number of aliphatic imine (C=N–C) groups is 1. The van der Waals surface area contributed by atoms with Crippen LogP contribution < -0.4 is 10.1 Å². The van der Waals surface area contributed by atoms with Crippen molar-refractivity contribution in [3.63, 3.8) is 0 Å². The van der Waals surface area contributed by atoms with Gasteiger partial charge in [0, 0.05) is 19.2 Å². The van der Waals surface area contributed by atoms with E-state index in [-0.39, 0.29) is 23.2 Å². The molecule has 2 aromatic carbocycles. The van der Waals surface area contributed by atoms with Gasteiger partial charge in [0.05, 0.1) is 23.4 Å². The molecule has 0 spiro atoms. The Balaban J connectivity index is 1.81. The molecule has 0 aliphatic carbocycles. The summed E-state index contributed by atoms with van der Waals surface area (Å²) < 4.78 is 44.4. The average molecular weight is 472 g/mol. The lowest BCUT2D eigenvalue weighted by atomic mass is 10.2. The number of hydrogen-bond donors (Lipinski definition) is 1. The number of anilines is 1. The quantitative estimate of drug-likeness (QED) is 0.684. The predicted octanol–water partition coefficient (Wildman–Crippen LogP) is 4.96. The SMILES string of the molecule is COc1ccc(NC(=O)C2CC(=O)N(C)C(=Nc3ccc(Cl)c(C(F)(F)F)c3)S2)cc1. The van der Waals surface area contributed by atoms with Gasteiger partial charge in [0.15, 0.2) is 5.17 Å². The molecule has 6 nitrogen and oxygen atoms in total. The normalized spacial score (nSPS) is 18.3. The van der Waals surface area contributed by atoms with E-state index in [9.17, 15) is 22.8 Å². The van der Waals surface area contributed by atoms with E-state index in [1.54, 1.807) is 24.3 Å². The molecule has 3 rings (SSSR count). The van der Waals surface area contributed by atoms with E-state index < -0.39 is 27.9 Å². The fourth-order valence-corrected chi connectivity index (χ4v) is 3.99. The predicted molar refractivity (Wildman–Crippen MR) is 114 cm³/mol. The first-order valence-corrected chi connectivity index (χ1v) is 10.2. The number of nitrogens with one attached hydrogen (secondary N) is 1. The highest BCUT2D eigenvalue weighted by molar-refractivity contribution is 8.15. The molecule has 164 valence electrons. The lowest BCUT2D eigenvalue weighted by molar-refractivity contribution is -0.137. The Labute approximate surface area is 185 Å². The van der Waals surface area contributed by atoms with Gasteiger partial charge in [-0.25, -0.2) is 4.99 Å². The number of nitrogens with zero attached hydrogens (tertiary/aromatic N) is 2. The van der Waals surface area contributed by atoms with Crippen LogP contribution in [0.2, 0.25) is 5.02 Å². The summed E-state index contributed by atoms with van der Waals surface area (Å²) in [6, 6.07) is 9.86. The first-order chi connectivity index (χ1) is 14.6. The number of halogens is 4. The molecule has 1 unspecified atom stereocenters. The maximum atomic E-state index is 13.1. The van der Waals surface area contributed by atoms with Gasteiger partial charge >= 0.3 is 6.18 Å². The molecule has 2 aromatic rings. The zero-order valence-electron chi connectivity index (χ0n) is 16.4. The highest BCUT2D eigenvalue weighted by Crippen LogP contribution is 2.37. The van der Waals surface area contributed by atoms with Crippen LogP contribution in [0.3, 0.4) is 0 Å². The third kappa shape index (κ3) is 5.50. The molecule has 2 amide bonds. The lowest BCUT2D eigenvalue weighted by Gasteiger charge is -2.28. The first-order valence-electron chi connectivity index (χ1n) is 8.92. The molecule has 1 fully saturated rings. The van der Waals surface area contributed by atoms with Gasteiger partial charge in [0.2, 0.25) is 11.8 Å². The number of thioether (sulfide) groups is 1. The number of carbonyl (C=O) groups is 2. The van der Waals surface area contributed by atoms with Gasteiger partial charge in [-0.15, -0.1) is 0 Å². The van der Waals surface area contributed by atoms with Crippen LogP contribution in [0.4, 0.5) is 24.5 Å². The number of benzene rings is 2. The van der Waals surface area contributed by atoms with Crippen LogP contribution in [-0.2, 0) is 15.8 Å². The molecule has 11 heteroatoms. The number of rotatable bonds is 4. The van der Waals surface area contributed by atoms with Crippen molar-refractivity contribution in [1.29, 1.82) is 0 Å². The molecule has 0 bridgehead atoms. The third-order valence-corrected chi connectivity index (χ3v) is 5.97. The minimum atomic E-state index is -4.64. The van der Waals surface area contributed by atoms with Gasteiger partial charge < -0.3 is 10.1 Å². The Hall–Kier alpha value is -2.72.